The van der Waals surface area contributed by atoms with Crippen molar-refractivity contribution in [3.63, 3.8) is 0 Å². The van der Waals surface area contributed by atoms with Crippen molar-refractivity contribution in [1.82, 2.24) is 0 Å². The second kappa shape index (κ2) is 6.51. The van der Waals surface area contributed by atoms with E-state index in [1.807, 2.05) is 19.1 Å². The normalized spacial score (nSPS) is 10.4. The SMILES string of the molecule is COc1ccc(SC#COOS(=O)(=O)O)cc1C. The van der Waals surface area contributed by atoms with Gasteiger partial charge in [0.25, 0.3) is 0 Å². The maximum Gasteiger partial charge on any atom is 0.433 e. The molecule has 0 saturated heterocycles. The highest BCUT2D eigenvalue weighted by molar-refractivity contribution is 8.03. The molecule has 1 rings (SSSR count). The minimum absolute atomic E-state index is 0.762. The lowest BCUT2D eigenvalue weighted by atomic mass is 10.2. The summed E-state index contributed by atoms with van der Waals surface area (Å²) in [4.78, 5) is 4.78. The first-order valence-corrected chi connectivity index (χ1v) is 6.74. The molecule has 0 aromatic heterocycles. The summed E-state index contributed by atoms with van der Waals surface area (Å²) in [7, 11) is -3.06. The first-order valence-electron chi connectivity index (χ1n) is 4.56. The lowest BCUT2D eigenvalue weighted by molar-refractivity contribution is -0.135. The monoisotopic (exact) mass is 290 g/mol. The first kappa shape index (κ1) is 14.7. The van der Waals surface area contributed by atoms with Crippen LogP contribution < -0.4 is 4.74 Å². The molecule has 0 bridgehead atoms. The van der Waals surface area contributed by atoms with Gasteiger partial charge >= 0.3 is 10.4 Å². The van der Waals surface area contributed by atoms with Crippen LogP contribution in [0.3, 0.4) is 0 Å². The van der Waals surface area contributed by atoms with Gasteiger partial charge in [0.05, 0.1) is 7.11 Å². The summed E-state index contributed by atoms with van der Waals surface area (Å²) in [6.07, 6.45) is 1.96. The van der Waals surface area contributed by atoms with E-state index in [2.05, 4.69) is 14.5 Å². The van der Waals surface area contributed by atoms with E-state index in [9.17, 15) is 8.42 Å². The third-order valence-corrected chi connectivity index (χ3v) is 2.65. The largest absolute Gasteiger partial charge is 0.496 e. The topological polar surface area (TPSA) is 82.1 Å². The Morgan fingerprint density at radius 3 is 2.67 bits per heavy atom. The Kier molecular flexibility index (Phi) is 5.30. The smallest absolute Gasteiger partial charge is 0.433 e. The van der Waals surface area contributed by atoms with Gasteiger partial charge in [-0.25, -0.2) is 0 Å². The minimum Gasteiger partial charge on any atom is -0.496 e. The molecule has 0 aliphatic carbocycles. The molecule has 6 nitrogen and oxygen atoms in total. The molecule has 8 heteroatoms. The number of methoxy groups -OCH3 is 1. The minimum atomic E-state index is -4.64. The van der Waals surface area contributed by atoms with E-state index in [1.54, 1.807) is 19.2 Å². The highest BCUT2D eigenvalue weighted by atomic mass is 32.3. The van der Waals surface area contributed by atoms with E-state index >= 15 is 0 Å². The van der Waals surface area contributed by atoms with Crippen molar-refractivity contribution < 1.29 is 26.9 Å². The molecule has 0 spiro atoms. The average Bonchev–Trinajstić information content (AvgIpc) is 2.27. The van der Waals surface area contributed by atoms with Gasteiger partial charge in [0.2, 0.25) is 0 Å². The summed E-state index contributed by atoms with van der Waals surface area (Å²) in [5.74, 6) is 0.762. The quantitative estimate of drug-likeness (QED) is 0.297. The number of hydrogen-bond donors (Lipinski definition) is 1. The molecule has 1 N–H and O–H groups in total. The van der Waals surface area contributed by atoms with Crippen LogP contribution in [0.5, 0.6) is 5.75 Å². The van der Waals surface area contributed by atoms with E-state index in [0.29, 0.717) is 0 Å². The van der Waals surface area contributed by atoms with Crippen molar-refractivity contribution in [1.29, 1.82) is 0 Å². The standard InChI is InChI=1S/C10H10O6S2/c1-8-7-9(3-4-10(8)14-2)17-6-5-15-16-18(11,12)13/h3-4,7H,1-2H3,(H,11,12,13). The van der Waals surface area contributed by atoms with Crippen LogP contribution in [0.4, 0.5) is 0 Å². The zero-order valence-electron chi connectivity index (χ0n) is 9.54. The fourth-order valence-corrected chi connectivity index (χ4v) is 1.76. The van der Waals surface area contributed by atoms with Crippen molar-refractivity contribution in [3.8, 4) is 17.1 Å². The fraction of sp³-hybridized carbons (Fsp3) is 0.200. The number of rotatable bonds is 4. The first-order chi connectivity index (χ1) is 8.42. The third kappa shape index (κ3) is 5.29. The second-order valence-electron chi connectivity index (χ2n) is 3.02. The van der Waals surface area contributed by atoms with Gasteiger partial charge in [-0.15, -0.1) is 0 Å². The van der Waals surface area contributed by atoms with Crippen LogP contribution >= 0.6 is 11.8 Å². The van der Waals surface area contributed by atoms with Crippen molar-refractivity contribution in [2.45, 2.75) is 11.8 Å². The second-order valence-corrected chi connectivity index (χ2v) is 4.89. The Labute approximate surface area is 109 Å². The van der Waals surface area contributed by atoms with Crippen molar-refractivity contribution in [2.75, 3.05) is 7.11 Å². The Morgan fingerprint density at radius 2 is 2.11 bits per heavy atom. The Hall–Kier alpha value is -1.40. The zero-order valence-corrected chi connectivity index (χ0v) is 11.2. The molecule has 1 aromatic carbocycles. The maximum absolute atomic E-state index is 10.1. The molecule has 0 radical (unpaired) electrons. The molecular formula is C10H10O6S2. The predicted octanol–water partition coefficient (Wildman–Crippen LogP) is 1.77. The van der Waals surface area contributed by atoms with Gasteiger partial charge in [0.1, 0.15) is 5.75 Å². The molecular weight excluding hydrogens is 280 g/mol. The Balaban J connectivity index is 2.54. The van der Waals surface area contributed by atoms with Crippen LogP contribution in [0.2, 0.25) is 0 Å². The number of aryl methyl sites for hydroxylation is 1. The van der Waals surface area contributed by atoms with Crippen LogP contribution in [-0.4, -0.2) is 20.1 Å². The van der Waals surface area contributed by atoms with Crippen molar-refractivity contribution in [3.05, 3.63) is 23.8 Å². The Bertz CT molecular complexity index is 570. The lowest BCUT2D eigenvalue weighted by Gasteiger charge is -2.04. The van der Waals surface area contributed by atoms with E-state index in [4.69, 9.17) is 9.29 Å². The van der Waals surface area contributed by atoms with Crippen molar-refractivity contribution in [2.24, 2.45) is 0 Å². The number of hydrogen-bond acceptors (Lipinski definition) is 6. The Morgan fingerprint density at radius 1 is 1.39 bits per heavy atom. The molecule has 1 aromatic rings. The molecule has 0 saturated carbocycles. The van der Waals surface area contributed by atoms with Gasteiger partial charge in [-0.1, -0.05) is 0 Å². The van der Waals surface area contributed by atoms with Crippen LogP contribution in [-0.2, 0) is 19.6 Å². The van der Waals surface area contributed by atoms with E-state index < -0.39 is 10.4 Å². The molecule has 0 aliphatic heterocycles. The van der Waals surface area contributed by atoms with Crippen LogP contribution in [0.15, 0.2) is 23.1 Å². The van der Waals surface area contributed by atoms with Gasteiger partial charge < -0.3 is 4.74 Å². The number of thioether (sulfide) groups is 1. The van der Waals surface area contributed by atoms with Crippen LogP contribution in [0.1, 0.15) is 5.56 Å². The van der Waals surface area contributed by atoms with E-state index in [1.165, 1.54) is 0 Å². The summed E-state index contributed by atoms with van der Waals surface area (Å²) < 4.78 is 37.0. The predicted molar refractivity (Wildman–Crippen MR) is 65.1 cm³/mol. The van der Waals surface area contributed by atoms with Crippen molar-refractivity contribution >= 4 is 22.2 Å². The van der Waals surface area contributed by atoms with E-state index in [0.717, 1.165) is 28.0 Å². The summed E-state index contributed by atoms with van der Waals surface area (Å²) >= 11 is 1.11. The van der Waals surface area contributed by atoms with Crippen LogP contribution in [0, 0.1) is 18.3 Å². The maximum atomic E-state index is 10.1. The lowest BCUT2D eigenvalue weighted by Crippen LogP contribution is -2.01. The zero-order chi connectivity index (χ0) is 13.6. The molecule has 0 heterocycles. The molecule has 18 heavy (non-hydrogen) atoms. The summed E-state index contributed by atoms with van der Waals surface area (Å²) in [6.45, 7) is 1.88. The molecule has 0 unspecified atom stereocenters. The highest BCUT2D eigenvalue weighted by Gasteiger charge is 2.03. The van der Waals surface area contributed by atoms with Gasteiger partial charge in [-0.2, -0.15) is 8.42 Å². The number of ether oxygens (including phenoxy) is 1. The van der Waals surface area contributed by atoms with Gasteiger partial charge in [0.15, 0.2) is 6.11 Å². The summed E-state index contributed by atoms with van der Waals surface area (Å²) in [5, 5.41) is 2.44. The molecule has 0 fully saturated rings. The molecule has 0 aliphatic rings. The highest BCUT2D eigenvalue weighted by Crippen LogP contribution is 2.24. The van der Waals surface area contributed by atoms with E-state index in [-0.39, 0.29) is 0 Å². The summed E-state index contributed by atoms with van der Waals surface area (Å²) in [5.41, 5.74) is 0.944. The van der Waals surface area contributed by atoms with Gasteiger partial charge in [-0.05, 0) is 46.8 Å². The molecule has 0 amide bonds. The van der Waals surface area contributed by atoms with Crippen LogP contribution in [0.25, 0.3) is 0 Å². The summed E-state index contributed by atoms with van der Waals surface area (Å²) in [6, 6.07) is 5.42. The molecule has 0 atom stereocenters. The fourth-order valence-electron chi connectivity index (χ4n) is 1.07. The van der Waals surface area contributed by atoms with Gasteiger partial charge in [0, 0.05) is 10.1 Å². The number of benzene rings is 1. The third-order valence-electron chi connectivity index (χ3n) is 1.74. The molecule has 98 valence electrons. The van der Waals surface area contributed by atoms with Gasteiger partial charge in [-0.3, -0.25) is 9.44 Å². The average molecular weight is 290 g/mol.